The van der Waals surface area contributed by atoms with Crippen LogP contribution in [0.2, 0.25) is 0 Å². The second-order valence-corrected chi connectivity index (χ2v) is 6.15. The average Bonchev–Trinajstić information content (AvgIpc) is 2.53. The first-order valence-electron chi connectivity index (χ1n) is 6.59. The van der Waals surface area contributed by atoms with Gasteiger partial charge in [0, 0.05) is 5.56 Å². The molecule has 0 amide bonds. The molecule has 0 aliphatic heterocycles. The molecule has 3 rings (SSSR count). The number of hydrogen-bond donors (Lipinski definition) is 1. The molecule has 1 N–H and O–H groups in total. The Morgan fingerprint density at radius 2 is 1.70 bits per heavy atom. The quantitative estimate of drug-likeness (QED) is 0.741. The lowest BCUT2D eigenvalue weighted by Crippen LogP contribution is -2.16. The minimum Gasteiger partial charge on any atom is -0.497 e. The summed E-state index contributed by atoms with van der Waals surface area (Å²) in [5.74, 6) is 0.351. The maximum absolute atomic E-state index is 12.5. The Bertz CT molecular complexity index is 1030. The first kappa shape index (κ1) is 15.3. The molecule has 23 heavy (non-hydrogen) atoms. The largest absolute Gasteiger partial charge is 0.497 e. The maximum Gasteiger partial charge on any atom is 0.302 e. The zero-order valence-electron chi connectivity index (χ0n) is 12.0. The van der Waals surface area contributed by atoms with Gasteiger partial charge in [0.2, 0.25) is 5.43 Å². The fourth-order valence-electron chi connectivity index (χ4n) is 2.29. The molecule has 0 saturated carbocycles. The van der Waals surface area contributed by atoms with Crippen LogP contribution < -0.4 is 10.2 Å². The van der Waals surface area contributed by atoms with Gasteiger partial charge in [-0.25, -0.2) is 0 Å². The second-order valence-electron chi connectivity index (χ2n) is 4.79. The van der Waals surface area contributed by atoms with Crippen molar-refractivity contribution in [3.05, 3.63) is 58.8 Å². The molecule has 3 aromatic rings. The van der Waals surface area contributed by atoms with Gasteiger partial charge in [-0.3, -0.25) is 9.35 Å². The van der Waals surface area contributed by atoms with E-state index in [-0.39, 0.29) is 16.7 Å². The average molecular weight is 332 g/mol. The fraction of sp³-hybridized carbons (Fsp3) is 0.0625. The van der Waals surface area contributed by atoms with Crippen molar-refractivity contribution in [1.29, 1.82) is 0 Å². The van der Waals surface area contributed by atoms with Crippen molar-refractivity contribution in [2.24, 2.45) is 0 Å². The predicted octanol–water partition coefficient (Wildman–Crippen LogP) is 2.72. The van der Waals surface area contributed by atoms with Crippen LogP contribution in [0.25, 0.3) is 22.3 Å². The number of para-hydroxylation sites is 1. The highest BCUT2D eigenvalue weighted by molar-refractivity contribution is 7.86. The standard InChI is InChI=1S/C16H12O6S/c1-21-11-8-6-10(7-9-11)15-16(23(18,19)20)14(17)12-4-2-3-5-13(12)22-15/h2-9H,1H3,(H,18,19,20). The van der Waals surface area contributed by atoms with Crippen molar-refractivity contribution < 1.29 is 22.1 Å². The van der Waals surface area contributed by atoms with Crippen molar-refractivity contribution in [3.63, 3.8) is 0 Å². The molecular formula is C16H12O6S. The summed E-state index contributed by atoms with van der Waals surface area (Å²) >= 11 is 0. The molecule has 1 aromatic heterocycles. The van der Waals surface area contributed by atoms with Crippen LogP contribution >= 0.6 is 0 Å². The molecule has 7 heteroatoms. The number of fused-ring (bicyclic) bond motifs is 1. The smallest absolute Gasteiger partial charge is 0.302 e. The van der Waals surface area contributed by atoms with E-state index in [1.807, 2.05) is 0 Å². The van der Waals surface area contributed by atoms with Crippen LogP contribution in [0, 0.1) is 0 Å². The minimum absolute atomic E-state index is 0.0809. The SMILES string of the molecule is COc1ccc(-c2oc3ccccc3c(=O)c2S(=O)(=O)O)cc1. The minimum atomic E-state index is -4.76. The highest BCUT2D eigenvalue weighted by atomic mass is 32.2. The summed E-state index contributed by atoms with van der Waals surface area (Å²) in [6, 6.07) is 12.5. The molecule has 118 valence electrons. The molecular weight excluding hydrogens is 320 g/mol. The summed E-state index contributed by atoms with van der Waals surface area (Å²) in [6.45, 7) is 0. The van der Waals surface area contributed by atoms with Crippen molar-refractivity contribution >= 4 is 21.1 Å². The predicted molar refractivity (Wildman–Crippen MR) is 84.3 cm³/mol. The zero-order chi connectivity index (χ0) is 16.6. The summed E-state index contributed by atoms with van der Waals surface area (Å²) in [5, 5.41) is 0.0809. The molecule has 0 atom stereocenters. The molecule has 0 aliphatic carbocycles. The lowest BCUT2D eigenvalue weighted by molar-refractivity contribution is 0.415. The molecule has 0 aliphatic rings. The third-order valence-electron chi connectivity index (χ3n) is 3.37. The summed E-state index contributed by atoms with van der Waals surface area (Å²) in [5.41, 5.74) is -0.239. The van der Waals surface area contributed by atoms with Crippen LogP contribution in [0.1, 0.15) is 0 Å². The van der Waals surface area contributed by atoms with E-state index in [0.717, 1.165) is 0 Å². The summed E-state index contributed by atoms with van der Waals surface area (Å²) in [4.78, 5) is 11.7. The van der Waals surface area contributed by atoms with Crippen LogP contribution in [0.4, 0.5) is 0 Å². The Labute approximate surface area is 131 Å². The van der Waals surface area contributed by atoms with Gasteiger partial charge in [-0.2, -0.15) is 8.42 Å². The number of hydrogen-bond acceptors (Lipinski definition) is 5. The van der Waals surface area contributed by atoms with Crippen LogP contribution in [0.15, 0.2) is 62.6 Å². The highest BCUT2D eigenvalue weighted by Gasteiger charge is 2.25. The van der Waals surface area contributed by atoms with E-state index in [4.69, 9.17) is 9.15 Å². The molecule has 1 heterocycles. The molecule has 6 nitrogen and oxygen atoms in total. The first-order chi connectivity index (χ1) is 10.9. The van der Waals surface area contributed by atoms with Gasteiger partial charge in [-0.05, 0) is 36.4 Å². The van der Waals surface area contributed by atoms with E-state index in [9.17, 15) is 17.8 Å². The van der Waals surface area contributed by atoms with E-state index >= 15 is 0 Å². The van der Waals surface area contributed by atoms with Crippen LogP contribution in [0.5, 0.6) is 5.75 Å². The molecule has 2 aromatic carbocycles. The Hall–Kier alpha value is -2.64. The van der Waals surface area contributed by atoms with Gasteiger partial charge in [0.1, 0.15) is 11.3 Å². The number of methoxy groups -OCH3 is 1. The molecule has 0 unspecified atom stereocenters. The van der Waals surface area contributed by atoms with E-state index < -0.39 is 20.4 Å². The topological polar surface area (TPSA) is 93.8 Å². The molecule has 0 radical (unpaired) electrons. The number of rotatable bonds is 3. The lowest BCUT2D eigenvalue weighted by Gasteiger charge is -2.08. The molecule has 0 saturated heterocycles. The Balaban J connectivity index is 2.40. The molecule has 0 fully saturated rings. The zero-order valence-corrected chi connectivity index (χ0v) is 12.8. The monoisotopic (exact) mass is 332 g/mol. The van der Waals surface area contributed by atoms with E-state index in [1.165, 1.54) is 13.2 Å². The normalized spacial score (nSPS) is 11.6. The van der Waals surface area contributed by atoms with E-state index in [1.54, 1.807) is 42.5 Å². The van der Waals surface area contributed by atoms with E-state index in [2.05, 4.69) is 0 Å². The van der Waals surface area contributed by atoms with Crippen LogP contribution in [0.3, 0.4) is 0 Å². The van der Waals surface area contributed by atoms with Gasteiger partial charge in [0.15, 0.2) is 10.7 Å². The summed E-state index contributed by atoms with van der Waals surface area (Å²) in [6.07, 6.45) is 0. The van der Waals surface area contributed by atoms with Crippen molar-refractivity contribution in [2.75, 3.05) is 7.11 Å². The Kier molecular flexibility index (Phi) is 3.67. The van der Waals surface area contributed by atoms with Gasteiger partial charge in [0.25, 0.3) is 0 Å². The maximum atomic E-state index is 12.5. The van der Waals surface area contributed by atoms with Gasteiger partial charge in [-0.15, -0.1) is 0 Å². The third-order valence-corrected chi connectivity index (χ3v) is 4.25. The summed E-state index contributed by atoms with van der Waals surface area (Å²) < 4.78 is 43.4. The van der Waals surface area contributed by atoms with Gasteiger partial charge in [-0.1, -0.05) is 12.1 Å². The van der Waals surface area contributed by atoms with Crippen molar-refractivity contribution in [3.8, 4) is 17.1 Å². The second kappa shape index (κ2) is 5.53. The molecule has 0 spiro atoms. The summed E-state index contributed by atoms with van der Waals surface area (Å²) in [7, 11) is -3.26. The van der Waals surface area contributed by atoms with Gasteiger partial charge >= 0.3 is 10.1 Å². The lowest BCUT2D eigenvalue weighted by atomic mass is 10.1. The van der Waals surface area contributed by atoms with Crippen molar-refractivity contribution in [2.45, 2.75) is 4.90 Å². The third kappa shape index (κ3) is 2.71. The Morgan fingerprint density at radius 1 is 1.04 bits per heavy atom. The van der Waals surface area contributed by atoms with Crippen molar-refractivity contribution in [1.82, 2.24) is 0 Å². The van der Waals surface area contributed by atoms with Crippen LogP contribution in [-0.4, -0.2) is 20.1 Å². The molecule has 0 bridgehead atoms. The Morgan fingerprint density at radius 3 is 2.30 bits per heavy atom. The number of benzene rings is 2. The van der Waals surface area contributed by atoms with Gasteiger partial charge < -0.3 is 9.15 Å². The van der Waals surface area contributed by atoms with Gasteiger partial charge in [0.05, 0.1) is 12.5 Å². The van der Waals surface area contributed by atoms with Crippen LogP contribution in [-0.2, 0) is 10.1 Å². The first-order valence-corrected chi connectivity index (χ1v) is 8.03. The fourth-order valence-corrected chi connectivity index (χ4v) is 3.03. The highest BCUT2D eigenvalue weighted by Crippen LogP contribution is 2.29. The van der Waals surface area contributed by atoms with E-state index in [0.29, 0.717) is 11.3 Å². The number of ether oxygens (including phenoxy) is 1.